The molecule has 454 valence electrons. The number of amides is 1. The van der Waals surface area contributed by atoms with Gasteiger partial charge in [-0.15, -0.1) is 0 Å². The summed E-state index contributed by atoms with van der Waals surface area (Å²) in [4.78, 5) is 13.3. The first-order valence-electron chi connectivity index (χ1n) is 29.9. The first-order valence-corrected chi connectivity index (χ1v) is 29.9. The molecule has 0 aromatic heterocycles. The van der Waals surface area contributed by atoms with Crippen LogP contribution in [0.2, 0.25) is 0 Å². The van der Waals surface area contributed by atoms with Crippen molar-refractivity contribution in [3.63, 3.8) is 0 Å². The lowest BCUT2D eigenvalue weighted by Crippen LogP contribution is -2.66. The van der Waals surface area contributed by atoms with Crippen molar-refractivity contribution in [2.24, 2.45) is 0 Å². The predicted octanol–water partition coefficient (Wildman–Crippen LogP) is 5.09. The molecule has 17 unspecified atom stereocenters. The molecule has 12 N–H and O–H groups in total. The van der Waals surface area contributed by atoms with Gasteiger partial charge in [-0.25, -0.2) is 0 Å². The van der Waals surface area contributed by atoms with E-state index in [0.29, 0.717) is 12.8 Å². The second kappa shape index (κ2) is 42.6. The average molecular weight is 1120 g/mol. The molecular weight excluding hydrogens is 1010 g/mol. The molecule has 0 bridgehead atoms. The van der Waals surface area contributed by atoms with E-state index in [9.17, 15) is 61.0 Å². The van der Waals surface area contributed by atoms with E-state index in [1.54, 1.807) is 6.08 Å². The third-order valence-electron chi connectivity index (χ3n) is 14.8. The Bertz CT molecular complexity index is 1620. The minimum absolute atomic E-state index is 0.226. The first kappa shape index (κ1) is 70.0. The predicted molar refractivity (Wildman–Crippen MR) is 295 cm³/mol. The van der Waals surface area contributed by atoms with Crippen LogP contribution in [-0.4, -0.2) is 193 Å². The Labute approximate surface area is 465 Å². The van der Waals surface area contributed by atoms with Crippen molar-refractivity contribution >= 4 is 5.91 Å². The Morgan fingerprint density at radius 3 is 1.28 bits per heavy atom. The molecule has 0 aliphatic carbocycles. The van der Waals surface area contributed by atoms with Gasteiger partial charge in [0.15, 0.2) is 18.9 Å². The summed E-state index contributed by atoms with van der Waals surface area (Å²) in [5, 5.41) is 120. The van der Waals surface area contributed by atoms with Crippen LogP contribution in [0.4, 0.5) is 0 Å². The summed E-state index contributed by atoms with van der Waals surface area (Å²) in [7, 11) is 0. The number of carbonyl (C=O) groups excluding carboxylic acids is 1. The standard InChI is InChI=1S/C59H105NO18/c1-3-5-7-9-11-13-15-17-19-20-21-23-25-27-29-31-33-35-37-47(65)60-42(43(64)36-34-32-30-28-26-24-22-18-16-14-12-10-8-6-4-2)41-73-57-53(71)50(68)55(45(39-62)75-57)78-59-54(72)51(69)56(46(40-63)76-59)77-58-52(70)49(67)48(66)44(38-61)74-58/h16,18-20,26,28,34,36,42-46,48-59,61-64,66-72H,3-15,17,21-25,27,29-33,35,37-41H2,1-2H3,(H,60,65)/b18-16+,20-19-,28-26+,36-34+. The lowest BCUT2D eigenvalue weighted by Gasteiger charge is -2.48. The molecule has 0 aromatic rings. The van der Waals surface area contributed by atoms with Gasteiger partial charge in [0.05, 0.1) is 38.6 Å². The van der Waals surface area contributed by atoms with Crippen molar-refractivity contribution in [3.05, 3.63) is 48.6 Å². The first-order chi connectivity index (χ1) is 37.8. The number of allylic oxidation sites excluding steroid dienone is 7. The van der Waals surface area contributed by atoms with Crippen LogP contribution in [0.15, 0.2) is 48.6 Å². The summed E-state index contributed by atoms with van der Waals surface area (Å²) >= 11 is 0. The summed E-state index contributed by atoms with van der Waals surface area (Å²) in [5.74, 6) is -0.296. The monoisotopic (exact) mass is 1120 g/mol. The Morgan fingerprint density at radius 1 is 0.449 bits per heavy atom. The Morgan fingerprint density at radius 2 is 0.821 bits per heavy atom. The van der Waals surface area contributed by atoms with Crippen LogP contribution in [0, 0.1) is 0 Å². The summed E-state index contributed by atoms with van der Waals surface area (Å²) in [6.07, 6.45) is 19.5. The van der Waals surface area contributed by atoms with Crippen LogP contribution in [-0.2, 0) is 33.2 Å². The Kier molecular flexibility index (Phi) is 38.2. The SMILES string of the molecule is CCCCCCC/C=C/CC/C=C/CC/C=C/C(O)C(COC1OC(CO)C(OC2OC(CO)C(OC3OC(CO)C(O)C(O)C3O)C(O)C2O)C(O)C1O)NC(=O)CCCCCCCCC/C=C\CCCCCCCCC. The Hall–Kier alpha value is -2.25. The van der Waals surface area contributed by atoms with Crippen LogP contribution in [0.5, 0.6) is 0 Å². The van der Waals surface area contributed by atoms with E-state index < -0.39 is 124 Å². The fourth-order valence-corrected chi connectivity index (χ4v) is 9.86. The van der Waals surface area contributed by atoms with Crippen LogP contribution >= 0.6 is 0 Å². The molecular formula is C59H105NO18. The van der Waals surface area contributed by atoms with Gasteiger partial charge in [0.2, 0.25) is 5.91 Å². The van der Waals surface area contributed by atoms with Gasteiger partial charge in [0.1, 0.15) is 73.2 Å². The summed E-state index contributed by atoms with van der Waals surface area (Å²) in [6.45, 7) is 1.66. The fourth-order valence-electron chi connectivity index (χ4n) is 9.86. The van der Waals surface area contributed by atoms with Crippen molar-refractivity contribution in [3.8, 4) is 0 Å². The zero-order valence-corrected chi connectivity index (χ0v) is 47.1. The lowest BCUT2D eigenvalue weighted by molar-refractivity contribution is -0.379. The molecule has 19 nitrogen and oxygen atoms in total. The van der Waals surface area contributed by atoms with Gasteiger partial charge in [-0.3, -0.25) is 4.79 Å². The maximum Gasteiger partial charge on any atom is 0.220 e. The van der Waals surface area contributed by atoms with Crippen molar-refractivity contribution in [1.29, 1.82) is 0 Å². The topological polar surface area (TPSA) is 307 Å². The van der Waals surface area contributed by atoms with Crippen LogP contribution in [0.1, 0.15) is 187 Å². The molecule has 3 rings (SSSR count). The van der Waals surface area contributed by atoms with E-state index in [4.69, 9.17) is 28.4 Å². The molecule has 0 saturated carbocycles. The molecule has 1 amide bonds. The van der Waals surface area contributed by atoms with Gasteiger partial charge in [-0.2, -0.15) is 0 Å². The number of unbranched alkanes of at least 4 members (excludes halogenated alkanes) is 21. The number of hydrogen-bond acceptors (Lipinski definition) is 18. The maximum absolute atomic E-state index is 13.3. The highest BCUT2D eigenvalue weighted by atomic mass is 16.8. The van der Waals surface area contributed by atoms with Gasteiger partial charge in [0.25, 0.3) is 0 Å². The molecule has 17 atom stereocenters. The summed E-state index contributed by atoms with van der Waals surface area (Å²) < 4.78 is 34.2. The zero-order chi connectivity index (χ0) is 56.9. The van der Waals surface area contributed by atoms with Crippen molar-refractivity contribution < 1.29 is 89.4 Å². The largest absolute Gasteiger partial charge is 0.394 e. The second-order valence-electron chi connectivity index (χ2n) is 21.4. The molecule has 3 saturated heterocycles. The average Bonchev–Trinajstić information content (AvgIpc) is 3.48. The normalized spacial score (nSPS) is 30.8. The highest BCUT2D eigenvalue weighted by molar-refractivity contribution is 5.76. The highest BCUT2D eigenvalue weighted by Gasteiger charge is 2.53. The molecule has 0 aromatic carbocycles. The molecule has 19 heteroatoms. The minimum atomic E-state index is -1.98. The minimum Gasteiger partial charge on any atom is -0.394 e. The van der Waals surface area contributed by atoms with Gasteiger partial charge in [-0.1, -0.05) is 159 Å². The number of rotatable bonds is 43. The number of hydrogen-bond donors (Lipinski definition) is 12. The molecule has 3 fully saturated rings. The van der Waals surface area contributed by atoms with E-state index >= 15 is 0 Å². The quantitative estimate of drug-likeness (QED) is 0.0279. The van der Waals surface area contributed by atoms with E-state index in [1.807, 2.05) is 6.08 Å². The number of ether oxygens (including phenoxy) is 6. The third kappa shape index (κ3) is 26.3. The van der Waals surface area contributed by atoms with Gasteiger partial charge in [0, 0.05) is 6.42 Å². The molecule has 3 heterocycles. The van der Waals surface area contributed by atoms with E-state index in [0.717, 1.165) is 57.8 Å². The van der Waals surface area contributed by atoms with Gasteiger partial charge < -0.3 is 89.9 Å². The second-order valence-corrected chi connectivity index (χ2v) is 21.4. The van der Waals surface area contributed by atoms with Crippen LogP contribution in [0.3, 0.4) is 0 Å². The number of nitrogens with one attached hydrogen (secondary N) is 1. The molecule has 3 aliphatic heterocycles. The maximum atomic E-state index is 13.3. The molecule has 3 aliphatic rings. The van der Waals surface area contributed by atoms with Gasteiger partial charge >= 0.3 is 0 Å². The van der Waals surface area contributed by atoms with E-state index in [-0.39, 0.29) is 18.9 Å². The van der Waals surface area contributed by atoms with Crippen molar-refractivity contribution in [1.82, 2.24) is 5.32 Å². The van der Waals surface area contributed by atoms with Crippen molar-refractivity contribution in [2.75, 3.05) is 26.4 Å². The number of aliphatic hydroxyl groups excluding tert-OH is 11. The molecule has 0 radical (unpaired) electrons. The van der Waals surface area contributed by atoms with E-state index in [2.05, 4.69) is 55.6 Å². The van der Waals surface area contributed by atoms with Gasteiger partial charge in [-0.05, 0) is 70.6 Å². The van der Waals surface area contributed by atoms with E-state index in [1.165, 1.54) is 96.3 Å². The summed E-state index contributed by atoms with van der Waals surface area (Å²) in [5.41, 5.74) is 0. The third-order valence-corrected chi connectivity index (χ3v) is 14.8. The van der Waals surface area contributed by atoms with Crippen LogP contribution in [0.25, 0.3) is 0 Å². The smallest absolute Gasteiger partial charge is 0.220 e. The summed E-state index contributed by atoms with van der Waals surface area (Å²) in [6, 6.07) is -0.998. The number of carbonyl (C=O) groups is 1. The Balaban J connectivity index is 1.53. The van der Waals surface area contributed by atoms with Crippen molar-refractivity contribution in [2.45, 2.75) is 291 Å². The van der Waals surface area contributed by atoms with Crippen LogP contribution < -0.4 is 5.32 Å². The fraction of sp³-hybridized carbons (Fsp3) is 0.847. The molecule has 0 spiro atoms. The lowest BCUT2D eigenvalue weighted by atomic mass is 9.96. The highest BCUT2D eigenvalue weighted by Crippen LogP contribution is 2.33. The zero-order valence-electron chi connectivity index (χ0n) is 47.1. The molecule has 78 heavy (non-hydrogen) atoms. The number of aliphatic hydroxyl groups is 11.